The van der Waals surface area contributed by atoms with Crippen LogP contribution in [0.2, 0.25) is 0 Å². The van der Waals surface area contributed by atoms with Crippen molar-refractivity contribution < 1.29 is 4.79 Å². The van der Waals surface area contributed by atoms with Gasteiger partial charge in [-0.1, -0.05) is 0 Å². The molecular weight excluding hydrogens is 360 g/mol. The Kier molecular flexibility index (Phi) is 4.63. The van der Waals surface area contributed by atoms with E-state index in [4.69, 9.17) is 0 Å². The highest BCUT2D eigenvalue weighted by atomic mass is 32.1. The van der Waals surface area contributed by atoms with Crippen molar-refractivity contribution in [3.05, 3.63) is 76.7 Å². The molecule has 0 aliphatic heterocycles. The molecule has 0 bridgehead atoms. The van der Waals surface area contributed by atoms with Gasteiger partial charge in [-0.25, -0.2) is 4.68 Å². The van der Waals surface area contributed by atoms with E-state index in [0.29, 0.717) is 16.5 Å². The Morgan fingerprint density at radius 2 is 1.89 bits per heavy atom. The van der Waals surface area contributed by atoms with Gasteiger partial charge in [0.15, 0.2) is 11.6 Å². The molecule has 4 rings (SSSR count). The average Bonchev–Trinajstić information content (AvgIpc) is 3.36. The fourth-order valence-electron chi connectivity index (χ4n) is 2.45. The van der Waals surface area contributed by atoms with Crippen LogP contribution in [0.5, 0.6) is 0 Å². The SMILES string of the molecule is Cc1csc(C(=O)Nc2ccc(Nc3ccc(-n4cccn4)nn3)cc2)c1. The van der Waals surface area contributed by atoms with Gasteiger partial charge in [0.05, 0.1) is 4.88 Å². The van der Waals surface area contributed by atoms with E-state index < -0.39 is 0 Å². The van der Waals surface area contributed by atoms with Gasteiger partial charge < -0.3 is 10.6 Å². The average molecular weight is 376 g/mol. The summed E-state index contributed by atoms with van der Waals surface area (Å²) >= 11 is 1.44. The van der Waals surface area contributed by atoms with E-state index in [0.717, 1.165) is 16.9 Å². The molecule has 0 spiro atoms. The van der Waals surface area contributed by atoms with Gasteiger partial charge >= 0.3 is 0 Å². The van der Waals surface area contributed by atoms with Crippen LogP contribution in [0.1, 0.15) is 15.2 Å². The molecule has 0 radical (unpaired) electrons. The summed E-state index contributed by atoms with van der Waals surface area (Å²) in [6, 6.07) is 14.8. The van der Waals surface area contributed by atoms with Gasteiger partial charge in [-0.15, -0.1) is 21.5 Å². The first-order valence-electron chi connectivity index (χ1n) is 8.25. The Hall–Kier alpha value is -3.52. The van der Waals surface area contributed by atoms with Crippen LogP contribution in [0.15, 0.2) is 66.3 Å². The maximum Gasteiger partial charge on any atom is 0.265 e. The van der Waals surface area contributed by atoms with Gasteiger partial charge in [0.1, 0.15) is 0 Å². The molecule has 4 aromatic rings. The molecular formula is C19H16N6OS. The lowest BCUT2D eigenvalue weighted by molar-refractivity contribution is 0.103. The van der Waals surface area contributed by atoms with E-state index >= 15 is 0 Å². The summed E-state index contributed by atoms with van der Waals surface area (Å²) in [5.74, 6) is 1.16. The van der Waals surface area contributed by atoms with Crippen LogP contribution in [0.4, 0.5) is 17.2 Å². The van der Waals surface area contributed by atoms with Gasteiger partial charge in [-0.3, -0.25) is 4.79 Å². The normalized spacial score (nSPS) is 10.6. The third kappa shape index (κ3) is 4.01. The Labute approximate surface area is 159 Å². The molecule has 0 saturated carbocycles. The molecule has 0 unspecified atom stereocenters. The molecule has 0 fully saturated rings. The second-order valence-electron chi connectivity index (χ2n) is 5.87. The number of amides is 1. The lowest BCUT2D eigenvalue weighted by Gasteiger charge is -2.08. The molecule has 0 aliphatic rings. The Balaban J connectivity index is 1.39. The highest BCUT2D eigenvalue weighted by Crippen LogP contribution is 2.20. The van der Waals surface area contributed by atoms with Crippen LogP contribution in [-0.4, -0.2) is 25.9 Å². The number of hydrogen-bond donors (Lipinski definition) is 2. The second-order valence-corrected chi connectivity index (χ2v) is 6.78. The van der Waals surface area contributed by atoms with Crippen molar-refractivity contribution in [2.24, 2.45) is 0 Å². The predicted octanol–water partition coefficient (Wildman–Crippen LogP) is 4.03. The molecule has 27 heavy (non-hydrogen) atoms. The number of aromatic nitrogens is 4. The minimum absolute atomic E-state index is 0.103. The summed E-state index contributed by atoms with van der Waals surface area (Å²) in [6.07, 6.45) is 3.50. The Bertz CT molecular complexity index is 1040. The molecule has 8 heteroatoms. The minimum Gasteiger partial charge on any atom is -0.339 e. The topological polar surface area (TPSA) is 84.7 Å². The number of carbonyl (C=O) groups is 1. The monoisotopic (exact) mass is 376 g/mol. The van der Waals surface area contributed by atoms with Gasteiger partial charge in [0.2, 0.25) is 0 Å². The van der Waals surface area contributed by atoms with Crippen molar-refractivity contribution in [3.8, 4) is 5.82 Å². The van der Waals surface area contributed by atoms with E-state index in [-0.39, 0.29) is 5.91 Å². The van der Waals surface area contributed by atoms with Crippen LogP contribution in [0, 0.1) is 6.92 Å². The molecule has 3 aromatic heterocycles. The summed E-state index contributed by atoms with van der Waals surface area (Å²) in [7, 11) is 0. The fourth-order valence-corrected chi connectivity index (χ4v) is 3.24. The van der Waals surface area contributed by atoms with Crippen LogP contribution >= 0.6 is 11.3 Å². The molecule has 3 heterocycles. The number of carbonyl (C=O) groups excluding carboxylic acids is 1. The van der Waals surface area contributed by atoms with Crippen molar-refractivity contribution in [1.29, 1.82) is 0 Å². The lowest BCUT2D eigenvalue weighted by atomic mass is 10.2. The molecule has 0 saturated heterocycles. The minimum atomic E-state index is -0.103. The van der Waals surface area contributed by atoms with E-state index in [1.807, 2.05) is 67.0 Å². The van der Waals surface area contributed by atoms with Crippen molar-refractivity contribution in [3.63, 3.8) is 0 Å². The third-order valence-electron chi connectivity index (χ3n) is 3.76. The number of rotatable bonds is 5. The summed E-state index contributed by atoms with van der Waals surface area (Å²) in [5, 5.41) is 20.4. The molecule has 7 nitrogen and oxygen atoms in total. The number of aryl methyl sites for hydroxylation is 1. The quantitative estimate of drug-likeness (QED) is 0.549. The molecule has 0 atom stereocenters. The molecule has 2 N–H and O–H groups in total. The number of thiophene rings is 1. The van der Waals surface area contributed by atoms with E-state index in [9.17, 15) is 4.79 Å². The number of nitrogens with zero attached hydrogens (tertiary/aromatic N) is 4. The first kappa shape index (κ1) is 16.9. The van der Waals surface area contributed by atoms with Gasteiger partial charge in [-0.05, 0) is 66.4 Å². The fraction of sp³-hybridized carbons (Fsp3) is 0.0526. The van der Waals surface area contributed by atoms with Crippen molar-refractivity contribution in [2.75, 3.05) is 10.6 Å². The first-order valence-corrected chi connectivity index (χ1v) is 9.13. The Morgan fingerprint density at radius 1 is 1.07 bits per heavy atom. The van der Waals surface area contributed by atoms with Gasteiger partial charge in [0, 0.05) is 23.8 Å². The van der Waals surface area contributed by atoms with Crippen molar-refractivity contribution >= 4 is 34.4 Å². The molecule has 0 aliphatic carbocycles. The maximum atomic E-state index is 12.2. The van der Waals surface area contributed by atoms with Gasteiger partial charge in [0.25, 0.3) is 5.91 Å². The smallest absolute Gasteiger partial charge is 0.265 e. The van der Waals surface area contributed by atoms with E-state index in [1.54, 1.807) is 10.9 Å². The largest absolute Gasteiger partial charge is 0.339 e. The predicted molar refractivity (Wildman–Crippen MR) is 106 cm³/mol. The Morgan fingerprint density at radius 3 is 2.52 bits per heavy atom. The molecule has 1 aromatic carbocycles. The number of benzene rings is 1. The highest BCUT2D eigenvalue weighted by Gasteiger charge is 2.08. The van der Waals surface area contributed by atoms with Gasteiger partial charge in [-0.2, -0.15) is 5.10 Å². The standard InChI is InChI=1S/C19H16N6OS/c1-13-11-16(27-12-13)19(26)22-15-5-3-14(4-6-15)21-17-7-8-18(24-23-17)25-10-2-9-20-25/h2-12H,1H3,(H,21,23)(H,22,26). The van der Waals surface area contributed by atoms with E-state index in [1.165, 1.54) is 11.3 Å². The maximum absolute atomic E-state index is 12.2. The van der Waals surface area contributed by atoms with E-state index in [2.05, 4.69) is 25.9 Å². The zero-order chi connectivity index (χ0) is 18.6. The summed E-state index contributed by atoms with van der Waals surface area (Å²) in [6.45, 7) is 1.97. The molecule has 1 amide bonds. The summed E-state index contributed by atoms with van der Waals surface area (Å²) < 4.78 is 1.64. The van der Waals surface area contributed by atoms with Crippen LogP contribution in [0.25, 0.3) is 5.82 Å². The summed E-state index contributed by atoms with van der Waals surface area (Å²) in [4.78, 5) is 12.9. The zero-order valence-electron chi connectivity index (χ0n) is 14.5. The first-order chi connectivity index (χ1) is 13.2. The van der Waals surface area contributed by atoms with Crippen LogP contribution < -0.4 is 10.6 Å². The van der Waals surface area contributed by atoms with Crippen molar-refractivity contribution in [1.82, 2.24) is 20.0 Å². The highest BCUT2D eigenvalue weighted by molar-refractivity contribution is 7.12. The third-order valence-corrected chi connectivity index (χ3v) is 4.81. The summed E-state index contributed by atoms with van der Waals surface area (Å²) in [5.41, 5.74) is 2.67. The number of hydrogen-bond acceptors (Lipinski definition) is 6. The number of anilines is 3. The van der Waals surface area contributed by atoms with Crippen LogP contribution in [0.3, 0.4) is 0 Å². The van der Waals surface area contributed by atoms with Crippen molar-refractivity contribution in [2.45, 2.75) is 6.92 Å². The van der Waals surface area contributed by atoms with Crippen LogP contribution in [-0.2, 0) is 0 Å². The number of nitrogens with one attached hydrogen (secondary N) is 2. The zero-order valence-corrected chi connectivity index (χ0v) is 15.3. The lowest BCUT2D eigenvalue weighted by Crippen LogP contribution is -2.10. The molecule has 134 valence electrons. The second kappa shape index (κ2) is 7.38.